The standard InChI is InChI=1S/C19H17N3O3S/c23-17(21-14-5-6-14)11-25-16-10-13-4-2-1-3-12(13)9-15(16)18(24)22-19-20-7-8-26-19/h1-4,7-10,14H,5-6,11H2,(H,21,23)(H,20,22,24). The highest BCUT2D eigenvalue weighted by Gasteiger charge is 2.23. The average Bonchev–Trinajstić information content (AvgIpc) is 3.31. The van der Waals surface area contributed by atoms with Crippen LogP contribution in [0.15, 0.2) is 48.0 Å². The summed E-state index contributed by atoms with van der Waals surface area (Å²) in [4.78, 5) is 28.7. The van der Waals surface area contributed by atoms with Crippen molar-refractivity contribution >= 4 is 39.1 Å². The Balaban J connectivity index is 1.59. The van der Waals surface area contributed by atoms with E-state index < -0.39 is 0 Å². The van der Waals surface area contributed by atoms with Crippen LogP contribution in [0, 0.1) is 0 Å². The Morgan fingerprint density at radius 3 is 2.65 bits per heavy atom. The molecule has 7 heteroatoms. The molecule has 0 spiro atoms. The van der Waals surface area contributed by atoms with Gasteiger partial charge in [0.05, 0.1) is 5.56 Å². The van der Waals surface area contributed by atoms with Crippen LogP contribution in [0.4, 0.5) is 5.13 Å². The van der Waals surface area contributed by atoms with Gasteiger partial charge in [0, 0.05) is 17.6 Å². The van der Waals surface area contributed by atoms with Gasteiger partial charge in [0.2, 0.25) is 0 Å². The lowest BCUT2D eigenvalue weighted by atomic mass is 10.1. The second-order valence-electron chi connectivity index (χ2n) is 6.12. The quantitative estimate of drug-likeness (QED) is 0.701. The fraction of sp³-hybridized carbons (Fsp3) is 0.211. The van der Waals surface area contributed by atoms with Crippen molar-refractivity contribution in [1.82, 2.24) is 10.3 Å². The first-order valence-corrected chi connectivity index (χ1v) is 9.23. The molecule has 1 saturated carbocycles. The Bertz CT molecular complexity index is 952. The van der Waals surface area contributed by atoms with E-state index >= 15 is 0 Å². The van der Waals surface area contributed by atoms with E-state index in [9.17, 15) is 9.59 Å². The summed E-state index contributed by atoms with van der Waals surface area (Å²) in [5, 5.41) is 9.80. The number of thiazole rings is 1. The molecule has 0 aliphatic heterocycles. The molecule has 2 aromatic carbocycles. The fourth-order valence-corrected chi connectivity index (χ4v) is 3.13. The van der Waals surface area contributed by atoms with Gasteiger partial charge in [-0.15, -0.1) is 11.3 Å². The molecule has 2 amide bonds. The Hall–Kier alpha value is -2.93. The molecular weight excluding hydrogens is 350 g/mol. The zero-order valence-corrected chi connectivity index (χ0v) is 14.7. The van der Waals surface area contributed by atoms with Crippen LogP contribution in [0.1, 0.15) is 23.2 Å². The van der Waals surface area contributed by atoms with Crippen LogP contribution >= 0.6 is 11.3 Å². The van der Waals surface area contributed by atoms with E-state index in [2.05, 4.69) is 15.6 Å². The Labute approximate surface area is 154 Å². The third-order valence-corrected chi connectivity index (χ3v) is 4.74. The summed E-state index contributed by atoms with van der Waals surface area (Å²) in [6, 6.07) is 11.5. The molecule has 1 fully saturated rings. The number of ether oxygens (including phenoxy) is 1. The van der Waals surface area contributed by atoms with Crippen LogP contribution in [0.3, 0.4) is 0 Å². The zero-order chi connectivity index (χ0) is 17.9. The minimum absolute atomic E-state index is 0.119. The van der Waals surface area contributed by atoms with Crippen LogP contribution in [0.2, 0.25) is 0 Å². The van der Waals surface area contributed by atoms with Crippen molar-refractivity contribution in [3.05, 3.63) is 53.5 Å². The van der Waals surface area contributed by atoms with Crippen molar-refractivity contribution in [1.29, 1.82) is 0 Å². The van der Waals surface area contributed by atoms with E-state index in [0.29, 0.717) is 16.4 Å². The number of anilines is 1. The van der Waals surface area contributed by atoms with E-state index in [1.165, 1.54) is 11.3 Å². The van der Waals surface area contributed by atoms with E-state index in [0.717, 1.165) is 23.6 Å². The second-order valence-corrected chi connectivity index (χ2v) is 7.01. The number of benzene rings is 2. The van der Waals surface area contributed by atoms with Gasteiger partial charge in [-0.2, -0.15) is 0 Å². The van der Waals surface area contributed by atoms with Gasteiger partial charge in [-0.05, 0) is 35.7 Å². The maximum absolute atomic E-state index is 12.7. The number of hydrogen-bond acceptors (Lipinski definition) is 5. The maximum Gasteiger partial charge on any atom is 0.261 e. The first kappa shape index (κ1) is 16.5. The summed E-state index contributed by atoms with van der Waals surface area (Å²) in [5.41, 5.74) is 0.373. The number of nitrogens with one attached hydrogen (secondary N) is 2. The number of aromatic nitrogens is 1. The van der Waals surface area contributed by atoms with Crippen LogP contribution in [-0.4, -0.2) is 29.4 Å². The SMILES string of the molecule is O=C(COc1cc2ccccc2cc1C(=O)Nc1nccs1)NC1CC1. The molecule has 1 aliphatic carbocycles. The molecule has 0 atom stereocenters. The number of carbonyl (C=O) groups excluding carboxylic acids is 2. The predicted octanol–water partition coefficient (Wildman–Crippen LogP) is 3.21. The van der Waals surface area contributed by atoms with E-state index in [4.69, 9.17) is 4.74 Å². The number of hydrogen-bond donors (Lipinski definition) is 2. The van der Waals surface area contributed by atoms with Crippen molar-refractivity contribution in [3.8, 4) is 5.75 Å². The minimum atomic E-state index is -0.316. The third-order valence-electron chi connectivity index (χ3n) is 4.05. The molecule has 2 N–H and O–H groups in total. The fourth-order valence-electron chi connectivity index (χ4n) is 2.61. The normalized spacial score (nSPS) is 13.4. The molecule has 132 valence electrons. The molecule has 26 heavy (non-hydrogen) atoms. The summed E-state index contributed by atoms with van der Waals surface area (Å²) in [6.07, 6.45) is 3.66. The van der Waals surface area contributed by atoms with E-state index in [-0.39, 0.29) is 24.5 Å². The van der Waals surface area contributed by atoms with E-state index in [1.54, 1.807) is 23.7 Å². The molecule has 0 bridgehead atoms. The highest BCUT2D eigenvalue weighted by atomic mass is 32.1. The van der Waals surface area contributed by atoms with Gasteiger partial charge in [0.15, 0.2) is 11.7 Å². The molecule has 0 saturated heterocycles. The number of fused-ring (bicyclic) bond motifs is 1. The number of nitrogens with zero attached hydrogens (tertiary/aromatic N) is 1. The van der Waals surface area contributed by atoms with Gasteiger partial charge in [-0.25, -0.2) is 4.98 Å². The van der Waals surface area contributed by atoms with Gasteiger partial charge in [-0.1, -0.05) is 24.3 Å². The summed E-state index contributed by atoms with van der Waals surface area (Å²) in [6.45, 7) is -0.119. The summed E-state index contributed by atoms with van der Waals surface area (Å²) in [7, 11) is 0. The monoisotopic (exact) mass is 367 g/mol. The molecule has 3 aromatic rings. The van der Waals surface area contributed by atoms with Crippen molar-refractivity contribution in [2.75, 3.05) is 11.9 Å². The van der Waals surface area contributed by atoms with Crippen LogP contribution in [0.5, 0.6) is 5.75 Å². The molecule has 0 radical (unpaired) electrons. The Morgan fingerprint density at radius 1 is 1.19 bits per heavy atom. The van der Waals surface area contributed by atoms with Gasteiger partial charge >= 0.3 is 0 Å². The Morgan fingerprint density at radius 2 is 1.96 bits per heavy atom. The highest BCUT2D eigenvalue weighted by molar-refractivity contribution is 7.13. The molecule has 1 aliphatic rings. The Kier molecular flexibility index (Phi) is 4.53. The molecule has 4 rings (SSSR count). The number of amides is 2. The van der Waals surface area contributed by atoms with Gasteiger partial charge in [0.25, 0.3) is 11.8 Å². The van der Waals surface area contributed by atoms with Crippen molar-refractivity contribution < 1.29 is 14.3 Å². The van der Waals surface area contributed by atoms with Crippen molar-refractivity contribution in [2.24, 2.45) is 0 Å². The summed E-state index contributed by atoms with van der Waals surface area (Å²) >= 11 is 1.34. The lowest BCUT2D eigenvalue weighted by Crippen LogP contribution is -2.30. The van der Waals surface area contributed by atoms with Crippen LogP contribution in [-0.2, 0) is 4.79 Å². The third kappa shape index (κ3) is 3.83. The van der Waals surface area contributed by atoms with Crippen LogP contribution < -0.4 is 15.4 Å². The lowest BCUT2D eigenvalue weighted by molar-refractivity contribution is -0.123. The predicted molar refractivity (Wildman–Crippen MR) is 101 cm³/mol. The first-order valence-electron chi connectivity index (χ1n) is 8.35. The second kappa shape index (κ2) is 7.13. The summed E-state index contributed by atoms with van der Waals surface area (Å²) < 4.78 is 5.69. The van der Waals surface area contributed by atoms with Crippen molar-refractivity contribution in [2.45, 2.75) is 18.9 Å². The average molecular weight is 367 g/mol. The molecular formula is C19H17N3O3S. The zero-order valence-electron chi connectivity index (χ0n) is 13.9. The molecule has 1 heterocycles. The lowest BCUT2D eigenvalue weighted by Gasteiger charge is -2.13. The van der Waals surface area contributed by atoms with Gasteiger partial charge < -0.3 is 10.1 Å². The topological polar surface area (TPSA) is 80.3 Å². The number of carbonyl (C=O) groups is 2. The largest absolute Gasteiger partial charge is 0.483 e. The van der Waals surface area contributed by atoms with Gasteiger partial charge in [0.1, 0.15) is 5.75 Å². The van der Waals surface area contributed by atoms with E-state index in [1.807, 2.05) is 24.3 Å². The number of rotatable bonds is 6. The molecule has 6 nitrogen and oxygen atoms in total. The minimum Gasteiger partial charge on any atom is -0.483 e. The molecule has 0 unspecified atom stereocenters. The maximum atomic E-state index is 12.7. The highest BCUT2D eigenvalue weighted by Crippen LogP contribution is 2.27. The van der Waals surface area contributed by atoms with Gasteiger partial charge in [-0.3, -0.25) is 14.9 Å². The smallest absolute Gasteiger partial charge is 0.261 e. The molecule has 1 aromatic heterocycles. The summed E-state index contributed by atoms with van der Waals surface area (Å²) in [5.74, 6) is -0.112. The van der Waals surface area contributed by atoms with Crippen LogP contribution in [0.25, 0.3) is 10.8 Å². The van der Waals surface area contributed by atoms with Crippen molar-refractivity contribution in [3.63, 3.8) is 0 Å². The first-order chi connectivity index (χ1) is 12.7.